The van der Waals surface area contributed by atoms with Crippen LogP contribution in [0.5, 0.6) is 0 Å². The van der Waals surface area contributed by atoms with Gasteiger partial charge in [-0.3, -0.25) is 0 Å². The van der Waals surface area contributed by atoms with E-state index in [9.17, 15) is 0 Å². The van der Waals surface area contributed by atoms with Crippen LogP contribution in [-0.4, -0.2) is 6.10 Å². The molecule has 6 heavy (non-hydrogen) atoms. The van der Waals surface area contributed by atoms with E-state index in [4.69, 9.17) is 5.00 Å². The van der Waals surface area contributed by atoms with Crippen LogP contribution in [-0.2, 0) is 4.52 Å². The SMILES string of the molecule is CC(C)O[P+]#N. The molecule has 0 radical (unpaired) electrons. The summed E-state index contributed by atoms with van der Waals surface area (Å²) in [5.41, 5.74) is 0. The van der Waals surface area contributed by atoms with Gasteiger partial charge < -0.3 is 0 Å². The van der Waals surface area contributed by atoms with E-state index >= 15 is 0 Å². The van der Waals surface area contributed by atoms with Crippen molar-refractivity contribution in [3.8, 4) is 0 Å². The first-order valence-corrected chi connectivity index (χ1v) is 2.54. The average molecular weight is 104 g/mol. The van der Waals surface area contributed by atoms with Crippen LogP contribution in [0.2, 0.25) is 0 Å². The van der Waals surface area contributed by atoms with Crippen molar-refractivity contribution in [2.75, 3.05) is 0 Å². The Bertz CT molecular complexity index is 65.7. The number of nitrogens with zero attached hydrogens (tertiary/aromatic N) is 1. The number of rotatable bonds is 1. The fourth-order valence-electron chi connectivity index (χ4n) is 0.0943. The maximum absolute atomic E-state index is 7.99. The summed E-state index contributed by atoms with van der Waals surface area (Å²) in [4.78, 5) is 0. The van der Waals surface area contributed by atoms with Crippen molar-refractivity contribution < 1.29 is 4.52 Å². The summed E-state index contributed by atoms with van der Waals surface area (Å²) in [6.07, 6.45) is 0.136. The second-order valence-corrected chi connectivity index (χ2v) is 1.61. The van der Waals surface area contributed by atoms with E-state index in [-0.39, 0.29) is 14.5 Å². The summed E-state index contributed by atoms with van der Waals surface area (Å²) in [5, 5.41) is 7.99. The molecule has 0 saturated carbocycles. The molecule has 0 aliphatic heterocycles. The normalized spacial score (nSPS) is 9.00. The summed E-state index contributed by atoms with van der Waals surface area (Å²) < 4.78 is 4.57. The molecule has 3 heteroatoms. The van der Waals surface area contributed by atoms with Crippen molar-refractivity contribution in [1.82, 2.24) is 0 Å². The number of hydrogen-bond donors (Lipinski definition) is 0. The summed E-state index contributed by atoms with van der Waals surface area (Å²) in [7, 11) is 0.0239. The molecule has 0 rings (SSSR count). The zero-order valence-electron chi connectivity index (χ0n) is 3.88. The molecule has 0 amide bonds. The van der Waals surface area contributed by atoms with Crippen LogP contribution in [0.15, 0.2) is 0 Å². The van der Waals surface area contributed by atoms with Crippen molar-refractivity contribution in [3.63, 3.8) is 0 Å². The zero-order valence-corrected chi connectivity index (χ0v) is 4.77. The van der Waals surface area contributed by atoms with Gasteiger partial charge in [-0.1, -0.05) is 0 Å². The van der Waals surface area contributed by atoms with Gasteiger partial charge in [0.15, 0.2) is 0 Å². The van der Waals surface area contributed by atoms with Gasteiger partial charge in [-0.2, -0.15) is 0 Å². The van der Waals surface area contributed by atoms with E-state index in [1.54, 1.807) is 0 Å². The average Bonchev–Trinajstić information content (AvgIpc) is 1.35. The molecule has 34 valence electrons. The van der Waals surface area contributed by atoms with Crippen LogP contribution in [0.4, 0.5) is 0 Å². The second kappa shape index (κ2) is 3.30. The fraction of sp³-hybridized carbons (Fsp3) is 1.00. The molecule has 0 aromatic carbocycles. The minimum absolute atomic E-state index is 0.0239. The maximum atomic E-state index is 7.99. The van der Waals surface area contributed by atoms with Crippen molar-refractivity contribution >= 4 is 8.44 Å². The topological polar surface area (TPSA) is 33.0 Å². The van der Waals surface area contributed by atoms with Gasteiger partial charge >= 0.3 is 37.9 Å². The molecule has 0 bridgehead atoms. The van der Waals surface area contributed by atoms with Crippen molar-refractivity contribution in [1.29, 1.82) is 5.00 Å². The third-order valence-electron chi connectivity index (χ3n) is 0.258. The standard InChI is InChI=1S/C3H7NOP/c1-3(2)5-6-4/h3H,1-2H3/q+1. The van der Waals surface area contributed by atoms with E-state index in [1.165, 1.54) is 0 Å². The minimum atomic E-state index is 0.0239. The van der Waals surface area contributed by atoms with Crippen LogP contribution in [0, 0.1) is 5.00 Å². The molecule has 0 unspecified atom stereocenters. The predicted octanol–water partition coefficient (Wildman–Crippen LogP) is 1.75. The summed E-state index contributed by atoms with van der Waals surface area (Å²) >= 11 is 0. The van der Waals surface area contributed by atoms with Gasteiger partial charge in [0, 0.05) is 0 Å². The molecule has 0 aliphatic carbocycles. The first-order chi connectivity index (χ1) is 2.77. The van der Waals surface area contributed by atoms with Crippen LogP contribution in [0.3, 0.4) is 0 Å². The molecule has 0 aliphatic rings. The molecule has 0 aromatic rings. The van der Waals surface area contributed by atoms with Gasteiger partial charge in [-0.15, -0.1) is 0 Å². The third-order valence-corrected chi connectivity index (χ3v) is 0.774. The Balaban J connectivity index is 2.88. The van der Waals surface area contributed by atoms with Crippen LogP contribution in [0.25, 0.3) is 0 Å². The Morgan fingerprint density at radius 3 is 2.17 bits per heavy atom. The van der Waals surface area contributed by atoms with Crippen molar-refractivity contribution in [2.24, 2.45) is 0 Å². The van der Waals surface area contributed by atoms with Crippen LogP contribution in [0.1, 0.15) is 13.8 Å². The molecule has 0 aromatic heterocycles. The Morgan fingerprint density at radius 1 is 1.67 bits per heavy atom. The first kappa shape index (κ1) is 6.10. The van der Waals surface area contributed by atoms with Gasteiger partial charge in [0.2, 0.25) is 0 Å². The van der Waals surface area contributed by atoms with Gasteiger partial charge in [-0.25, -0.2) is 0 Å². The fourth-order valence-corrected chi connectivity index (χ4v) is 0.283. The second-order valence-electron chi connectivity index (χ2n) is 1.24. The van der Waals surface area contributed by atoms with Crippen molar-refractivity contribution in [2.45, 2.75) is 20.0 Å². The zero-order chi connectivity index (χ0) is 4.99. The molecule has 2 nitrogen and oxygen atoms in total. The predicted molar refractivity (Wildman–Crippen MR) is 24.9 cm³/mol. The Morgan fingerprint density at radius 2 is 2.17 bits per heavy atom. The Kier molecular flexibility index (Phi) is 3.35. The van der Waals surface area contributed by atoms with E-state index in [2.05, 4.69) is 4.52 Å². The third kappa shape index (κ3) is 4.10. The molecule has 0 atom stereocenters. The van der Waals surface area contributed by atoms with Crippen LogP contribution >= 0.6 is 8.44 Å². The Hall–Kier alpha value is 0.100. The monoisotopic (exact) mass is 104 g/mol. The molecule has 0 N–H and O–H groups in total. The van der Waals surface area contributed by atoms with E-state index in [0.29, 0.717) is 0 Å². The van der Waals surface area contributed by atoms with Gasteiger partial charge in [0.25, 0.3) is 0 Å². The molecule has 0 fully saturated rings. The van der Waals surface area contributed by atoms with E-state index in [0.717, 1.165) is 0 Å². The van der Waals surface area contributed by atoms with Gasteiger partial charge in [-0.05, 0) is 0 Å². The molecule has 0 spiro atoms. The van der Waals surface area contributed by atoms with Crippen molar-refractivity contribution in [3.05, 3.63) is 0 Å². The first-order valence-electron chi connectivity index (χ1n) is 1.77. The summed E-state index contributed by atoms with van der Waals surface area (Å²) in [5.74, 6) is 0. The van der Waals surface area contributed by atoms with Crippen LogP contribution < -0.4 is 0 Å². The quantitative estimate of drug-likeness (QED) is 0.475. The van der Waals surface area contributed by atoms with Gasteiger partial charge in [0.05, 0.1) is 0 Å². The van der Waals surface area contributed by atoms with Gasteiger partial charge in [0.1, 0.15) is 0 Å². The van der Waals surface area contributed by atoms with E-state index < -0.39 is 0 Å². The molecular weight excluding hydrogens is 97.0 g/mol. The summed E-state index contributed by atoms with van der Waals surface area (Å²) in [6, 6.07) is 0. The number of hydrogen-bond acceptors (Lipinski definition) is 2. The molecule has 0 heterocycles. The molecular formula is C3H7NOP+. The Labute approximate surface area is 39.0 Å². The van der Waals surface area contributed by atoms with E-state index in [1.807, 2.05) is 13.8 Å². The molecule has 0 saturated heterocycles. The summed E-state index contributed by atoms with van der Waals surface area (Å²) in [6.45, 7) is 3.73.